The summed E-state index contributed by atoms with van der Waals surface area (Å²) < 4.78 is 18.7. The van der Waals surface area contributed by atoms with E-state index in [1.54, 1.807) is 6.07 Å². The molecule has 1 N–H and O–H groups in total. The van der Waals surface area contributed by atoms with Gasteiger partial charge >= 0.3 is 0 Å². The SMILES string of the molecule is CCOc1cc(F)cc(C2(O)CCCC2)c1. The molecular weight excluding hydrogens is 207 g/mol. The third kappa shape index (κ3) is 2.19. The van der Waals surface area contributed by atoms with Crippen LogP contribution in [0.5, 0.6) is 5.75 Å². The van der Waals surface area contributed by atoms with Crippen molar-refractivity contribution < 1.29 is 14.2 Å². The van der Waals surface area contributed by atoms with E-state index in [0.717, 1.165) is 12.8 Å². The van der Waals surface area contributed by atoms with Gasteiger partial charge in [0.1, 0.15) is 11.6 Å². The zero-order valence-corrected chi connectivity index (χ0v) is 9.50. The third-order valence-electron chi connectivity index (χ3n) is 3.15. The van der Waals surface area contributed by atoms with Crippen molar-refractivity contribution in [1.29, 1.82) is 0 Å². The highest BCUT2D eigenvalue weighted by atomic mass is 19.1. The molecule has 0 aromatic heterocycles. The van der Waals surface area contributed by atoms with Gasteiger partial charge in [0, 0.05) is 6.07 Å². The van der Waals surface area contributed by atoms with Gasteiger partial charge in [0.2, 0.25) is 0 Å². The van der Waals surface area contributed by atoms with E-state index < -0.39 is 5.60 Å². The van der Waals surface area contributed by atoms with E-state index in [0.29, 0.717) is 30.8 Å². The summed E-state index contributed by atoms with van der Waals surface area (Å²) in [7, 11) is 0. The van der Waals surface area contributed by atoms with Gasteiger partial charge < -0.3 is 9.84 Å². The Labute approximate surface area is 95.1 Å². The highest BCUT2D eigenvalue weighted by molar-refractivity contribution is 5.33. The van der Waals surface area contributed by atoms with E-state index in [1.807, 2.05) is 6.92 Å². The summed E-state index contributed by atoms with van der Waals surface area (Å²) in [4.78, 5) is 0. The molecule has 0 aliphatic heterocycles. The molecule has 0 bridgehead atoms. The largest absolute Gasteiger partial charge is 0.494 e. The highest BCUT2D eigenvalue weighted by Crippen LogP contribution is 2.39. The molecule has 88 valence electrons. The lowest BCUT2D eigenvalue weighted by Crippen LogP contribution is -2.21. The van der Waals surface area contributed by atoms with Crippen LogP contribution in [0, 0.1) is 5.82 Å². The summed E-state index contributed by atoms with van der Waals surface area (Å²) in [6.07, 6.45) is 3.41. The van der Waals surface area contributed by atoms with Crippen LogP contribution in [0.2, 0.25) is 0 Å². The molecule has 1 aromatic rings. The van der Waals surface area contributed by atoms with Crippen molar-refractivity contribution in [2.45, 2.75) is 38.2 Å². The van der Waals surface area contributed by atoms with E-state index in [4.69, 9.17) is 4.74 Å². The molecule has 1 saturated carbocycles. The number of ether oxygens (including phenoxy) is 1. The number of hydrogen-bond donors (Lipinski definition) is 1. The maximum atomic E-state index is 13.4. The Morgan fingerprint density at radius 3 is 2.62 bits per heavy atom. The second-order valence-electron chi connectivity index (χ2n) is 4.35. The summed E-state index contributed by atoms with van der Waals surface area (Å²) in [5.74, 6) is 0.152. The topological polar surface area (TPSA) is 29.5 Å². The zero-order chi connectivity index (χ0) is 11.6. The molecule has 0 atom stereocenters. The number of rotatable bonds is 3. The quantitative estimate of drug-likeness (QED) is 0.855. The van der Waals surface area contributed by atoms with Crippen LogP contribution in [-0.2, 0) is 5.60 Å². The Morgan fingerprint density at radius 1 is 1.31 bits per heavy atom. The van der Waals surface area contributed by atoms with Crippen molar-refractivity contribution in [1.82, 2.24) is 0 Å². The predicted octanol–water partition coefficient (Wildman–Crippen LogP) is 2.99. The van der Waals surface area contributed by atoms with Crippen LogP contribution in [0.1, 0.15) is 38.2 Å². The van der Waals surface area contributed by atoms with Crippen molar-refractivity contribution in [2.75, 3.05) is 6.61 Å². The number of aliphatic hydroxyl groups is 1. The van der Waals surface area contributed by atoms with Crippen molar-refractivity contribution in [2.24, 2.45) is 0 Å². The second kappa shape index (κ2) is 4.42. The summed E-state index contributed by atoms with van der Waals surface area (Å²) in [5.41, 5.74) is -0.207. The molecule has 3 heteroatoms. The summed E-state index contributed by atoms with van der Waals surface area (Å²) >= 11 is 0. The van der Waals surface area contributed by atoms with Crippen LogP contribution in [0.4, 0.5) is 4.39 Å². The molecule has 0 radical (unpaired) electrons. The minimum atomic E-state index is -0.853. The van der Waals surface area contributed by atoms with Crippen LogP contribution in [0.15, 0.2) is 18.2 Å². The van der Waals surface area contributed by atoms with Gasteiger partial charge in [-0.1, -0.05) is 12.8 Å². The monoisotopic (exact) mass is 224 g/mol. The van der Waals surface area contributed by atoms with Crippen molar-refractivity contribution in [3.63, 3.8) is 0 Å². The minimum Gasteiger partial charge on any atom is -0.494 e. The Morgan fingerprint density at radius 2 is 2.00 bits per heavy atom. The van der Waals surface area contributed by atoms with Gasteiger partial charge in [-0.2, -0.15) is 0 Å². The molecule has 2 rings (SSSR count). The zero-order valence-electron chi connectivity index (χ0n) is 9.50. The van der Waals surface area contributed by atoms with Crippen LogP contribution >= 0.6 is 0 Å². The fraction of sp³-hybridized carbons (Fsp3) is 0.538. The van der Waals surface area contributed by atoms with Crippen LogP contribution < -0.4 is 4.74 Å². The number of halogens is 1. The lowest BCUT2D eigenvalue weighted by Gasteiger charge is -2.23. The first-order valence-electron chi connectivity index (χ1n) is 5.80. The maximum absolute atomic E-state index is 13.4. The Hall–Kier alpha value is -1.09. The first-order valence-corrected chi connectivity index (χ1v) is 5.80. The molecule has 1 aromatic carbocycles. The van der Waals surface area contributed by atoms with Gasteiger partial charge in [-0.3, -0.25) is 0 Å². The molecule has 1 aliphatic rings. The molecule has 1 fully saturated rings. The smallest absolute Gasteiger partial charge is 0.127 e. The summed E-state index contributed by atoms with van der Waals surface area (Å²) in [5, 5.41) is 10.4. The summed E-state index contributed by atoms with van der Waals surface area (Å²) in [6, 6.07) is 4.51. The van der Waals surface area contributed by atoms with Crippen LogP contribution in [-0.4, -0.2) is 11.7 Å². The maximum Gasteiger partial charge on any atom is 0.127 e. The molecule has 16 heavy (non-hydrogen) atoms. The van der Waals surface area contributed by atoms with E-state index in [2.05, 4.69) is 0 Å². The average Bonchev–Trinajstić information content (AvgIpc) is 2.66. The van der Waals surface area contributed by atoms with Crippen molar-refractivity contribution in [3.8, 4) is 5.75 Å². The standard InChI is InChI=1S/C13H17FO2/c1-2-16-12-8-10(7-11(14)9-12)13(15)5-3-4-6-13/h7-9,15H,2-6H2,1H3. The molecule has 0 unspecified atom stereocenters. The lowest BCUT2D eigenvalue weighted by molar-refractivity contribution is 0.0438. The van der Waals surface area contributed by atoms with Crippen LogP contribution in [0.25, 0.3) is 0 Å². The Bertz CT molecular complexity index is 370. The second-order valence-corrected chi connectivity index (χ2v) is 4.35. The molecule has 0 heterocycles. The van der Waals surface area contributed by atoms with Crippen LogP contribution in [0.3, 0.4) is 0 Å². The van der Waals surface area contributed by atoms with E-state index >= 15 is 0 Å². The molecular formula is C13H17FO2. The molecule has 1 aliphatic carbocycles. The molecule has 0 spiro atoms. The van der Waals surface area contributed by atoms with Crippen molar-refractivity contribution in [3.05, 3.63) is 29.6 Å². The van der Waals surface area contributed by atoms with Gasteiger partial charge in [0.25, 0.3) is 0 Å². The fourth-order valence-corrected chi connectivity index (χ4v) is 2.33. The minimum absolute atomic E-state index is 0.346. The van der Waals surface area contributed by atoms with Gasteiger partial charge in [-0.25, -0.2) is 4.39 Å². The lowest BCUT2D eigenvalue weighted by atomic mass is 9.92. The predicted molar refractivity (Wildman–Crippen MR) is 59.9 cm³/mol. The van der Waals surface area contributed by atoms with Crippen molar-refractivity contribution >= 4 is 0 Å². The normalized spacial score (nSPS) is 18.7. The molecule has 2 nitrogen and oxygen atoms in total. The molecule has 0 amide bonds. The fourth-order valence-electron chi connectivity index (χ4n) is 2.33. The highest BCUT2D eigenvalue weighted by Gasteiger charge is 2.33. The van der Waals surface area contributed by atoms with E-state index in [1.165, 1.54) is 12.1 Å². The summed E-state index contributed by atoms with van der Waals surface area (Å²) in [6.45, 7) is 2.36. The van der Waals surface area contributed by atoms with Gasteiger partial charge in [-0.15, -0.1) is 0 Å². The van der Waals surface area contributed by atoms with Gasteiger partial charge in [-0.05, 0) is 37.5 Å². The Balaban J connectivity index is 2.32. The average molecular weight is 224 g/mol. The Kier molecular flexibility index (Phi) is 3.15. The number of hydrogen-bond acceptors (Lipinski definition) is 2. The first kappa shape index (κ1) is 11.4. The van der Waals surface area contributed by atoms with E-state index in [-0.39, 0.29) is 5.82 Å². The van der Waals surface area contributed by atoms with E-state index in [9.17, 15) is 9.50 Å². The van der Waals surface area contributed by atoms with Gasteiger partial charge in [0.15, 0.2) is 0 Å². The first-order chi connectivity index (χ1) is 7.64. The number of benzene rings is 1. The van der Waals surface area contributed by atoms with Gasteiger partial charge in [0.05, 0.1) is 12.2 Å². The molecule has 0 saturated heterocycles. The third-order valence-corrected chi connectivity index (χ3v) is 3.15.